The minimum Gasteiger partial charge on any atom is -0.497 e. The predicted octanol–water partition coefficient (Wildman–Crippen LogP) is 4.79. The molecule has 1 N–H and O–H groups in total. The van der Waals surface area contributed by atoms with Gasteiger partial charge < -0.3 is 15.0 Å². The molecule has 1 aliphatic rings. The molecule has 5 nitrogen and oxygen atoms in total. The van der Waals surface area contributed by atoms with Gasteiger partial charge in [0.1, 0.15) is 11.4 Å². The van der Waals surface area contributed by atoms with Gasteiger partial charge in [0.05, 0.1) is 12.6 Å². The molecule has 3 rings (SSSR count). The van der Waals surface area contributed by atoms with Crippen LogP contribution in [0.1, 0.15) is 70.8 Å². The third-order valence-electron chi connectivity index (χ3n) is 5.74. The molecule has 29 heavy (non-hydrogen) atoms. The van der Waals surface area contributed by atoms with E-state index in [-0.39, 0.29) is 23.0 Å². The molecule has 0 unspecified atom stereocenters. The van der Waals surface area contributed by atoms with Crippen LogP contribution in [0.15, 0.2) is 30.3 Å². The number of carbonyl (C=O) groups is 1. The molecule has 1 fully saturated rings. The molecule has 1 saturated heterocycles. The second-order valence-electron chi connectivity index (χ2n) is 9.56. The van der Waals surface area contributed by atoms with Crippen LogP contribution in [-0.2, 0) is 0 Å². The van der Waals surface area contributed by atoms with Crippen LogP contribution in [0, 0.1) is 0 Å². The Morgan fingerprint density at radius 1 is 1.17 bits per heavy atom. The van der Waals surface area contributed by atoms with Gasteiger partial charge in [-0.25, -0.2) is 4.98 Å². The average Bonchev–Trinajstić information content (AvgIpc) is 2.64. The van der Waals surface area contributed by atoms with Crippen LogP contribution in [-0.4, -0.2) is 46.6 Å². The SMILES string of the molecule is CCCCN(C(=O)c1ccc2cc(OC)ccc2n1)C1CC(C)(C)NC(C)(C)C1. The van der Waals surface area contributed by atoms with Crippen molar-refractivity contribution < 1.29 is 9.53 Å². The van der Waals surface area contributed by atoms with Gasteiger partial charge in [-0.15, -0.1) is 0 Å². The zero-order valence-electron chi connectivity index (χ0n) is 18.7. The van der Waals surface area contributed by atoms with Crippen molar-refractivity contribution in [1.82, 2.24) is 15.2 Å². The fourth-order valence-corrected chi connectivity index (χ4v) is 4.76. The summed E-state index contributed by atoms with van der Waals surface area (Å²) in [6.07, 6.45) is 3.95. The molecule has 0 radical (unpaired) electrons. The van der Waals surface area contributed by atoms with Crippen LogP contribution in [0.2, 0.25) is 0 Å². The second kappa shape index (κ2) is 8.31. The van der Waals surface area contributed by atoms with Gasteiger partial charge in [-0.1, -0.05) is 19.4 Å². The van der Waals surface area contributed by atoms with Gasteiger partial charge >= 0.3 is 0 Å². The van der Waals surface area contributed by atoms with Crippen molar-refractivity contribution in [1.29, 1.82) is 0 Å². The molecule has 0 bridgehead atoms. The number of unbranched alkanes of at least 4 members (excludes halogenated alkanes) is 1. The number of nitrogens with one attached hydrogen (secondary N) is 1. The molecule has 5 heteroatoms. The van der Waals surface area contributed by atoms with Crippen molar-refractivity contribution in [3.05, 3.63) is 36.0 Å². The molecule has 0 spiro atoms. The first kappa shape index (κ1) is 21.6. The first-order valence-electron chi connectivity index (χ1n) is 10.7. The maximum absolute atomic E-state index is 13.6. The predicted molar refractivity (Wildman–Crippen MR) is 119 cm³/mol. The first-order valence-corrected chi connectivity index (χ1v) is 10.7. The van der Waals surface area contributed by atoms with E-state index in [1.807, 2.05) is 30.3 Å². The number of methoxy groups -OCH3 is 1. The van der Waals surface area contributed by atoms with Crippen LogP contribution in [0.25, 0.3) is 10.9 Å². The topological polar surface area (TPSA) is 54.5 Å². The second-order valence-corrected chi connectivity index (χ2v) is 9.56. The third-order valence-corrected chi connectivity index (χ3v) is 5.74. The van der Waals surface area contributed by atoms with Crippen LogP contribution < -0.4 is 10.1 Å². The summed E-state index contributed by atoms with van der Waals surface area (Å²) in [5.41, 5.74) is 1.32. The van der Waals surface area contributed by atoms with Gasteiger partial charge in [0.15, 0.2) is 0 Å². The number of rotatable bonds is 6. The summed E-state index contributed by atoms with van der Waals surface area (Å²) >= 11 is 0. The normalized spacial score (nSPS) is 18.6. The maximum atomic E-state index is 13.6. The van der Waals surface area contributed by atoms with Crippen LogP contribution in [0.5, 0.6) is 5.75 Å². The molecular weight excluding hydrogens is 362 g/mol. The maximum Gasteiger partial charge on any atom is 0.272 e. The number of nitrogens with zero attached hydrogens (tertiary/aromatic N) is 2. The highest BCUT2D eigenvalue weighted by Gasteiger charge is 2.41. The lowest BCUT2D eigenvalue weighted by Crippen LogP contribution is -2.63. The Kier molecular flexibility index (Phi) is 6.18. The fraction of sp³-hybridized carbons (Fsp3) is 0.583. The standard InChI is InChI=1S/C24H35N3O2/c1-7-8-13-27(18-15-23(2,3)26-24(4,5)16-18)22(28)21-11-9-17-14-19(29-6)10-12-20(17)25-21/h9-12,14,18,26H,7-8,13,15-16H2,1-6H3. The van der Waals surface area contributed by atoms with Crippen LogP contribution >= 0.6 is 0 Å². The van der Waals surface area contributed by atoms with Gasteiger partial charge in [-0.2, -0.15) is 0 Å². The fourth-order valence-electron chi connectivity index (χ4n) is 4.76. The number of hydrogen-bond donors (Lipinski definition) is 1. The summed E-state index contributed by atoms with van der Waals surface area (Å²) in [6.45, 7) is 11.8. The molecule has 1 aromatic heterocycles. The first-order chi connectivity index (χ1) is 13.6. The Bertz CT molecular complexity index is 860. The molecule has 2 aromatic rings. The van der Waals surface area contributed by atoms with E-state index in [1.165, 1.54) is 0 Å². The lowest BCUT2D eigenvalue weighted by molar-refractivity contribution is 0.0437. The quantitative estimate of drug-likeness (QED) is 0.761. The van der Waals surface area contributed by atoms with Gasteiger partial charge in [0, 0.05) is 29.1 Å². The molecular formula is C24H35N3O2. The number of fused-ring (bicyclic) bond motifs is 1. The molecule has 0 aliphatic carbocycles. The Balaban J connectivity index is 1.92. The number of hydrogen-bond acceptors (Lipinski definition) is 4. The smallest absolute Gasteiger partial charge is 0.272 e. The van der Waals surface area contributed by atoms with E-state index in [2.05, 4.69) is 49.8 Å². The van der Waals surface area contributed by atoms with Gasteiger partial charge in [0.2, 0.25) is 0 Å². The number of pyridine rings is 1. The van der Waals surface area contributed by atoms with Crippen molar-refractivity contribution in [2.24, 2.45) is 0 Å². The van der Waals surface area contributed by atoms with Crippen LogP contribution in [0.4, 0.5) is 0 Å². The Hall–Kier alpha value is -2.14. The minimum absolute atomic E-state index is 0.00940. The summed E-state index contributed by atoms with van der Waals surface area (Å²) in [4.78, 5) is 20.3. The van der Waals surface area contributed by atoms with E-state index in [4.69, 9.17) is 4.74 Å². The van der Waals surface area contributed by atoms with Crippen molar-refractivity contribution in [2.75, 3.05) is 13.7 Å². The Morgan fingerprint density at radius 3 is 2.48 bits per heavy atom. The van der Waals surface area contributed by atoms with Crippen molar-refractivity contribution in [2.45, 2.75) is 77.4 Å². The minimum atomic E-state index is -0.00940. The summed E-state index contributed by atoms with van der Waals surface area (Å²) in [6, 6.07) is 9.76. The number of aromatic nitrogens is 1. The number of carbonyl (C=O) groups excluding carboxylic acids is 1. The lowest BCUT2D eigenvalue weighted by atomic mass is 9.79. The molecule has 0 atom stereocenters. The largest absolute Gasteiger partial charge is 0.497 e. The summed E-state index contributed by atoms with van der Waals surface area (Å²) in [5.74, 6) is 0.830. The van der Waals surface area contributed by atoms with Gasteiger partial charge in [0.25, 0.3) is 5.91 Å². The van der Waals surface area contributed by atoms with Crippen molar-refractivity contribution in [3.8, 4) is 5.75 Å². The van der Waals surface area contributed by atoms with E-state index in [1.54, 1.807) is 7.11 Å². The van der Waals surface area contributed by atoms with E-state index in [0.29, 0.717) is 5.69 Å². The van der Waals surface area contributed by atoms with E-state index >= 15 is 0 Å². The number of amides is 1. The number of ether oxygens (including phenoxy) is 1. The number of piperidine rings is 1. The highest BCUT2D eigenvalue weighted by Crippen LogP contribution is 2.32. The van der Waals surface area contributed by atoms with E-state index in [0.717, 1.165) is 48.9 Å². The zero-order chi connectivity index (χ0) is 21.2. The van der Waals surface area contributed by atoms with E-state index in [9.17, 15) is 4.79 Å². The van der Waals surface area contributed by atoms with Crippen molar-refractivity contribution in [3.63, 3.8) is 0 Å². The molecule has 1 aliphatic heterocycles. The zero-order valence-corrected chi connectivity index (χ0v) is 18.7. The Labute approximate surface area is 174 Å². The molecule has 0 saturated carbocycles. The molecule has 2 heterocycles. The molecule has 1 aromatic carbocycles. The van der Waals surface area contributed by atoms with Gasteiger partial charge in [-0.05, 0) is 71.2 Å². The monoisotopic (exact) mass is 397 g/mol. The van der Waals surface area contributed by atoms with Crippen LogP contribution in [0.3, 0.4) is 0 Å². The highest BCUT2D eigenvalue weighted by molar-refractivity contribution is 5.95. The van der Waals surface area contributed by atoms with Crippen molar-refractivity contribution >= 4 is 16.8 Å². The highest BCUT2D eigenvalue weighted by atomic mass is 16.5. The third kappa shape index (κ3) is 5.08. The summed E-state index contributed by atoms with van der Waals surface area (Å²) in [7, 11) is 1.65. The van der Waals surface area contributed by atoms with Gasteiger partial charge in [-0.3, -0.25) is 4.79 Å². The number of benzene rings is 1. The molecule has 1 amide bonds. The summed E-state index contributed by atoms with van der Waals surface area (Å²) in [5, 5.41) is 4.70. The lowest BCUT2D eigenvalue weighted by Gasteiger charge is -2.49. The average molecular weight is 398 g/mol. The van der Waals surface area contributed by atoms with E-state index < -0.39 is 0 Å². The summed E-state index contributed by atoms with van der Waals surface area (Å²) < 4.78 is 5.29. The Morgan fingerprint density at radius 2 is 1.86 bits per heavy atom. The molecule has 158 valence electrons.